The van der Waals surface area contributed by atoms with Gasteiger partial charge in [0.15, 0.2) is 0 Å². The minimum Gasteiger partial charge on any atom is -0.444 e. The van der Waals surface area contributed by atoms with Crippen LogP contribution < -0.4 is 21.5 Å². The highest BCUT2D eigenvalue weighted by Crippen LogP contribution is 2.06. The van der Waals surface area contributed by atoms with Crippen molar-refractivity contribution in [2.45, 2.75) is 45.3 Å². The van der Waals surface area contributed by atoms with Crippen molar-refractivity contribution in [3.8, 4) is 0 Å². The van der Waals surface area contributed by atoms with Crippen molar-refractivity contribution < 1.29 is 14.3 Å². The number of hydrazine groups is 1. The number of carbonyl (C=O) groups is 2. The van der Waals surface area contributed by atoms with Crippen LogP contribution in [0.1, 0.15) is 33.6 Å². The predicted molar refractivity (Wildman–Crippen MR) is 71.4 cm³/mol. The minimum atomic E-state index is -0.593. The van der Waals surface area contributed by atoms with Crippen LogP contribution in [-0.4, -0.2) is 43.3 Å². The van der Waals surface area contributed by atoms with Crippen LogP contribution in [0.4, 0.5) is 4.79 Å². The maximum Gasteiger partial charge on any atom is 0.408 e. The highest BCUT2D eigenvalue weighted by Gasteiger charge is 2.17. The normalized spacial score (nSPS) is 16.8. The lowest BCUT2D eigenvalue weighted by atomic mass is 10.1. The highest BCUT2D eigenvalue weighted by atomic mass is 16.6. The molecule has 1 saturated heterocycles. The first-order valence-electron chi connectivity index (χ1n) is 6.59. The van der Waals surface area contributed by atoms with Gasteiger partial charge in [-0.25, -0.2) is 10.2 Å². The van der Waals surface area contributed by atoms with Crippen LogP contribution in [0.15, 0.2) is 0 Å². The third-order valence-electron chi connectivity index (χ3n) is 2.55. The van der Waals surface area contributed by atoms with E-state index in [4.69, 9.17) is 4.74 Å². The first-order chi connectivity index (χ1) is 8.87. The molecule has 19 heavy (non-hydrogen) atoms. The molecule has 1 aliphatic rings. The van der Waals surface area contributed by atoms with Gasteiger partial charge in [0.25, 0.3) is 5.91 Å². The molecule has 0 bridgehead atoms. The summed E-state index contributed by atoms with van der Waals surface area (Å²) in [5, 5.41) is 5.64. The second kappa shape index (κ2) is 7.30. The molecule has 2 amide bonds. The number of rotatable bonds is 4. The molecule has 1 rings (SSSR count). The molecule has 0 aromatic heterocycles. The summed E-state index contributed by atoms with van der Waals surface area (Å²) in [6, 6.07) is 0.284. The molecule has 1 fully saturated rings. The summed E-state index contributed by atoms with van der Waals surface area (Å²) in [6.07, 6.45) is 1.35. The Kier molecular flexibility index (Phi) is 6.04. The second-order valence-corrected chi connectivity index (χ2v) is 5.57. The largest absolute Gasteiger partial charge is 0.444 e. The Morgan fingerprint density at radius 2 is 1.89 bits per heavy atom. The third kappa shape index (κ3) is 7.63. The lowest BCUT2D eigenvalue weighted by Crippen LogP contribution is -2.51. The van der Waals surface area contributed by atoms with Crippen LogP contribution in [0.3, 0.4) is 0 Å². The fraction of sp³-hybridized carbons (Fsp3) is 0.833. The van der Waals surface area contributed by atoms with E-state index in [2.05, 4.69) is 21.5 Å². The lowest BCUT2D eigenvalue weighted by Gasteiger charge is -2.24. The van der Waals surface area contributed by atoms with Gasteiger partial charge in [-0.05, 0) is 46.7 Å². The van der Waals surface area contributed by atoms with E-state index in [0.717, 1.165) is 25.9 Å². The first kappa shape index (κ1) is 15.7. The Morgan fingerprint density at radius 1 is 1.26 bits per heavy atom. The average Bonchev–Trinajstić information content (AvgIpc) is 2.33. The maximum absolute atomic E-state index is 11.5. The van der Waals surface area contributed by atoms with Gasteiger partial charge in [0.05, 0.1) is 0 Å². The quantitative estimate of drug-likeness (QED) is 0.536. The number of alkyl carbamates (subject to hydrolysis) is 1. The molecule has 0 atom stereocenters. The summed E-state index contributed by atoms with van der Waals surface area (Å²) in [5.41, 5.74) is 4.98. The molecule has 7 heteroatoms. The van der Waals surface area contributed by atoms with E-state index < -0.39 is 11.7 Å². The van der Waals surface area contributed by atoms with Gasteiger partial charge in [-0.3, -0.25) is 10.2 Å². The van der Waals surface area contributed by atoms with Gasteiger partial charge < -0.3 is 15.4 Å². The van der Waals surface area contributed by atoms with Crippen molar-refractivity contribution in [2.24, 2.45) is 0 Å². The number of piperidine rings is 1. The second-order valence-electron chi connectivity index (χ2n) is 5.57. The smallest absolute Gasteiger partial charge is 0.408 e. The van der Waals surface area contributed by atoms with E-state index in [1.54, 1.807) is 20.8 Å². The molecule has 7 nitrogen and oxygen atoms in total. The summed E-state index contributed by atoms with van der Waals surface area (Å²) in [7, 11) is 0. The van der Waals surface area contributed by atoms with Gasteiger partial charge in [-0.15, -0.1) is 0 Å². The van der Waals surface area contributed by atoms with E-state index in [0.29, 0.717) is 0 Å². The fourth-order valence-corrected chi connectivity index (χ4v) is 1.66. The third-order valence-corrected chi connectivity index (χ3v) is 2.55. The number of ether oxygens (including phenoxy) is 1. The van der Waals surface area contributed by atoms with Gasteiger partial charge >= 0.3 is 6.09 Å². The topological polar surface area (TPSA) is 91.5 Å². The SMILES string of the molecule is CC(C)(C)OC(=O)NCC(=O)NNC1CCNCC1. The Hall–Kier alpha value is -1.34. The van der Waals surface area contributed by atoms with Crippen molar-refractivity contribution in [1.29, 1.82) is 0 Å². The van der Waals surface area contributed by atoms with Crippen molar-refractivity contribution >= 4 is 12.0 Å². The van der Waals surface area contributed by atoms with Gasteiger partial charge in [0.1, 0.15) is 12.1 Å². The Morgan fingerprint density at radius 3 is 2.47 bits per heavy atom. The van der Waals surface area contributed by atoms with Crippen molar-refractivity contribution in [1.82, 2.24) is 21.5 Å². The zero-order chi connectivity index (χ0) is 14.3. The molecule has 110 valence electrons. The molecule has 0 spiro atoms. The molecule has 4 N–H and O–H groups in total. The zero-order valence-corrected chi connectivity index (χ0v) is 11.8. The Balaban J connectivity index is 2.12. The molecular formula is C12H24N4O3. The van der Waals surface area contributed by atoms with Gasteiger partial charge in [0.2, 0.25) is 0 Å². The molecule has 0 saturated carbocycles. The van der Waals surface area contributed by atoms with Gasteiger partial charge in [0, 0.05) is 6.04 Å². The van der Waals surface area contributed by atoms with E-state index in [1.807, 2.05) is 0 Å². The Labute approximate surface area is 113 Å². The highest BCUT2D eigenvalue weighted by molar-refractivity contribution is 5.81. The molecule has 1 heterocycles. The van der Waals surface area contributed by atoms with Crippen molar-refractivity contribution in [3.05, 3.63) is 0 Å². The van der Waals surface area contributed by atoms with Crippen molar-refractivity contribution in [3.63, 3.8) is 0 Å². The number of hydrogen-bond donors (Lipinski definition) is 4. The van der Waals surface area contributed by atoms with Crippen LogP contribution in [0.5, 0.6) is 0 Å². The maximum atomic E-state index is 11.5. The van der Waals surface area contributed by atoms with Gasteiger partial charge in [-0.1, -0.05) is 0 Å². The van der Waals surface area contributed by atoms with Crippen LogP contribution in [-0.2, 0) is 9.53 Å². The molecular weight excluding hydrogens is 248 g/mol. The molecule has 1 aliphatic heterocycles. The summed E-state index contributed by atoms with van der Waals surface area (Å²) in [4.78, 5) is 22.8. The van der Waals surface area contributed by atoms with E-state index in [-0.39, 0.29) is 18.5 Å². The van der Waals surface area contributed by atoms with E-state index in [9.17, 15) is 9.59 Å². The zero-order valence-electron chi connectivity index (χ0n) is 11.8. The summed E-state index contributed by atoms with van der Waals surface area (Å²) < 4.78 is 5.02. The molecule has 0 aliphatic carbocycles. The minimum absolute atomic E-state index is 0.104. The number of nitrogens with one attached hydrogen (secondary N) is 4. The summed E-state index contributed by atoms with van der Waals surface area (Å²) in [5.74, 6) is -0.288. The summed E-state index contributed by atoms with van der Waals surface area (Å²) >= 11 is 0. The fourth-order valence-electron chi connectivity index (χ4n) is 1.66. The van der Waals surface area contributed by atoms with Crippen LogP contribution in [0.25, 0.3) is 0 Å². The van der Waals surface area contributed by atoms with Crippen molar-refractivity contribution in [2.75, 3.05) is 19.6 Å². The lowest BCUT2D eigenvalue weighted by molar-refractivity contribution is -0.121. The van der Waals surface area contributed by atoms with E-state index in [1.165, 1.54) is 0 Å². The van der Waals surface area contributed by atoms with Crippen LogP contribution in [0.2, 0.25) is 0 Å². The van der Waals surface area contributed by atoms with E-state index >= 15 is 0 Å². The molecule has 0 unspecified atom stereocenters. The number of amides is 2. The average molecular weight is 272 g/mol. The summed E-state index contributed by atoms with van der Waals surface area (Å²) in [6.45, 7) is 7.10. The standard InChI is InChI=1S/C12H24N4O3/c1-12(2,3)19-11(18)14-8-10(17)16-15-9-4-6-13-7-5-9/h9,13,15H,4-8H2,1-3H3,(H,14,18)(H,16,17). The molecule has 0 radical (unpaired) electrons. The molecule has 0 aromatic carbocycles. The monoisotopic (exact) mass is 272 g/mol. The predicted octanol–water partition coefficient (Wildman–Crippen LogP) is -0.116. The van der Waals surface area contributed by atoms with Crippen LogP contribution in [0, 0.1) is 0 Å². The van der Waals surface area contributed by atoms with Gasteiger partial charge in [-0.2, -0.15) is 0 Å². The first-order valence-corrected chi connectivity index (χ1v) is 6.59. The van der Waals surface area contributed by atoms with Crippen LogP contribution >= 0.6 is 0 Å². The number of hydrogen-bond acceptors (Lipinski definition) is 5. The Bertz CT molecular complexity index is 309. The molecule has 0 aromatic rings. The number of carbonyl (C=O) groups excluding carboxylic acids is 2.